The zero-order valence-electron chi connectivity index (χ0n) is 13.7. The van der Waals surface area contributed by atoms with Crippen LogP contribution >= 0.6 is 0 Å². The summed E-state index contributed by atoms with van der Waals surface area (Å²) in [6.07, 6.45) is 2.22. The number of nitrogens with one attached hydrogen (secondary N) is 1. The SMILES string of the molecule is CCC(C)c1ccc(C(Cc2ccc(C)cc2)NC)cc1. The summed E-state index contributed by atoms with van der Waals surface area (Å²) in [6.45, 7) is 6.66. The van der Waals surface area contributed by atoms with Crippen LogP contribution in [0.2, 0.25) is 0 Å². The molecule has 0 spiro atoms. The Labute approximate surface area is 129 Å². The van der Waals surface area contributed by atoms with Crippen molar-refractivity contribution in [3.63, 3.8) is 0 Å². The summed E-state index contributed by atoms with van der Waals surface area (Å²) in [5.74, 6) is 0.643. The van der Waals surface area contributed by atoms with Crippen LogP contribution in [0, 0.1) is 6.92 Å². The smallest absolute Gasteiger partial charge is 0.0358 e. The Morgan fingerprint density at radius 1 is 0.905 bits per heavy atom. The fraction of sp³-hybridized carbons (Fsp3) is 0.400. The first kappa shape index (κ1) is 15.8. The normalized spacial score (nSPS) is 13.9. The van der Waals surface area contributed by atoms with Crippen molar-refractivity contribution in [2.75, 3.05) is 7.05 Å². The molecule has 1 heteroatoms. The quantitative estimate of drug-likeness (QED) is 0.784. The summed E-state index contributed by atoms with van der Waals surface area (Å²) in [7, 11) is 2.04. The molecule has 0 aliphatic heterocycles. The van der Waals surface area contributed by atoms with E-state index in [1.165, 1.54) is 28.7 Å². The lowest BCUT2D eigenvalue weighted by atomic mass is 9.94. The Hall–Kier alpha value is -1.60. The molecule has 0 aliphatic carbocycles. The van der Waals surface area contributed by atoms with Crippen molar-refractivity contribution in [3.8, 4) is 0 Å². The summed E-state index contributed by atoms with van der Waals surface area (Å²) >= 11 is 0. The third-order valence-electron chi connectivity index (χ3n) is 4.43. The molecule has 1 nitrogen and oxygen atoms in total. The van der Waals surface area contributed by atoms with Gasteiger partial charge in [0.15, 0.2) is 0 Å². The highest BCUT2D eigenvalue weighted by Gasteiger charge is 2.11. The molecular weight excluding hydrogens is 254 g/mol. The third kappa shape index (κ3) is 4.18. The molecule has 0 amide bonds. The van der Waals surface area contributed by atoms with E-state index in [0.29, 0.717) is 12.0 Å². The molecule has 0 bridgehead atoms. The average Bonchev–Trinajstić information content (AvgIpc) is 2.54. The fourth-order valence-corrected chi connectivity index (χ4v) is 2.64. The maximum atomic E-state index is 3.44. The summed E-state index contributed by atoms with van der Waals surface area (Å²) in [6, 6.07) is 18.3. The van der Waals surface area contributed by atoms with Crippen LogP contribution in [0.1, 0.15) is 54.5 Å². The third-order valence-corrected chi connectivity index (χ3v) is 4.43. The second-order valence-electron chi connectivity index (χ2n) is 6.01. The zero-order valence-corrected chi connectivity index (χ0v) is 13.7. The second-order valence-corrected chi connectivity index (χ2v) is 6.01. The van der Waals surface area contributed by atoms with Gasteiger partial charge in [0, 0.05) is 6.04 Å². The Kier molecular flexibility index (Phi) is 5.58. The van der Waals surface area contributed by atoms with Gasteiger partial charge >= 0.3 is 0 Å². The van der Waals surface area contributed by atoms with Gasteiger partial charge < -0.3 is 5.32 Å². The molecule has 0 fully saturated rings. The highest BCUT2D eigenvalue weighted by molar-refractivity contribution is 5.29. The van der Waals surface area contributed by atoms with E-state index in [4.69, 9.17) is 0 Å². The van der Waals surface area contributed by atoms with E-state index < -0.39 is 0 Å². The first-order valence-corrected chi connectivity index (χ1v) is 7.96. The van der Waals surface area contributed by atoms with Crippen LogP contribution in [0.4, 0.5) is 0 Å². The van der Waals surface area contributed by atoms with Gasteiger partial charge in [-0.1, -0.05) is 67.9 Å². The summed E-state index contributed by atoms with van der Waals surface area (Å²) in [5, 5.41) is 3.44. The van der Waals surface area contributed by atoms with E-state index in [9.17, 15) is 0 Å². The molecule has 112 valence electrons. The van der Waals surface area contributed by atoms with Crippen LogP contribution in [0.3, 0.4) is 0 Å². The summed E-state index contributed by atoms with van der Waals surface area (Å²) < 4.78 is 0. The molecule has 0 saturated carbocycles. The van der Waals surface area contributed by atoms with E-state index in [0.717, 1.165) is 6.42 Å². The van der Waals surface area contributed by atoms with Crippen molar-refractivity contribution in [2.45, 2.75) is 45.6 Å². The predicted molar refractivity (Wildman–Crippen MR) is 91.8 cm³/mol. The molecular formula is C20H27N. The van der Waals surface area contributed by atoms with Gasteiger partial charge in [-0.2, -0.15) is 0 Å². The lowest BCUT2D eigenvalue weighted by molar-refractivity contribution is 0.591. The van der Waals surface area contributed by atoms with E-state index in [1.54, 1.807) is 0 Å². The van der Waals surface area contributed by atoms with Crippen LogP contribution in [-0.4, -0.2) is 7.05 Å². The molecule has 0 heterocycles. The Morgan fingerprint density at radius 2 is 1.48 bits per heavy atom. The van der Waals surface area contributed by atoms with Gasteiger partial charge in [-0.15, -0.1) is 0 Å². The van der Waals surface area contributed by atoms with Crippen LogP contribution in [0.25, 0.3) is 0 Å². The molecule has 2 unspecified atom stereocenters. The topological polar surface area (TPSA) is 12.0 Å². The second kappa shape index (κ2) is 7.42. The molecule has 0 aliphatic rings. The highest BCUT2D eigenvalue weighted by atomic mass is 14.9. The predicted octanol–water partition coefficient (Wildman–Crippen LogP) is 5.01. The van der Waals surface area contributed by atoms with Gasteiger partial charge in [-0.25, -0.2) is 0 Å². The molecule has 21 heavy (non-hydrogen) atoms. The standard InChI is InChI=1S/C20H27N/c1-5-16(3)18-10-12-19(13-11-18)20(21-4)14-17-8-6-15(2)7-9-17/h6-13,16,20-21H,5,14H2,1-4H3. The van der Waals surface area contributed by atoms with Gasteiger partial charge in [0.1, 0.15) is 0 Å². The lowest BCUT2D eigenvalue weighted by Crippen LogP contribution is -2.18. The molecule has 0 saturated heterocycles. The molecule has 1 N–H and O–H groups in total. The van der Waals surface area contributed by atoms with Gasteiger partial charge in [0.25, 0.3) is 0 Å². The van der Waals surface area contributed by atoms with Crippen molar-refractivity contribution in [3.05, 3.63) is 70.8 Å². The monoisotopic (exact) mass is 281 g/mol. The van der Waals surface area contributed by atoms with Crippen molar-refractivity contribution in [1.29, 1.82) is 0 Å². The molecule has 2 rings (SSSR count). The van der Waals surface area contributed by atoms with Crippen molar-refractivity contribution in [1.82, 2.24) is 5.32 Å². The van der Waals surface area contributed by atoms with Gasteiger partial charge in [0.2, 0.25) is 0 Å². The lowest BCUT2D eigenvalue weighted by Gasteiger charge is -2.18. The minimum absolute atomic E-state index is 0.374. The number of hydrogen-bond acceptors (Lipinski definition) is 1. The fourth-order valence-electron chi connectivity index (χ4n) is 2.64. The Morgan fingerprint density at radius 3 is 2.00 bits per heavy atom. The molecule has 0 radical (unpaired) electrons. The summed E-state index contributed by atoms with van der Waals surface area (Å²) in [4.78, 5) is 0. The maximum Gasteiger partial charge on any atom is 0.0358 e. The van der Waals surface area contributed by atoms with Gasteiger partial charge in [0.05, 0.1) is 0 Å². The van der Waals surface area contributed by atoms with Crippen LogP contribution in [-0.2, 0) is 6.42 Å². The number of benzene rings is 2. The Balaban J connectivity index is 2.11. The average molecular weight is 281 g/mol. The van der Waals surface area contributed by atoms with Crippen LogP contribution in [0.15, 0.2) is 48.5 Å². The first-order valence-electron chi connectivity index (χ1n) is 7.96. The number of likely N-dealkylation sites (N-methyl/N-ethyl adjacent to an activating group) is 1. The molecule has 2 aromatic rings. The van der Waals surface area contributed by atoms with Crippen LogP contribution in [0.5, 0.6) is 0 Å². The van der Waals surface area contributed by atoms with E-state index in [2.05, 4.69) is 74.6 Å². The number of aryl methyl sites for hydroxylation is 1. The molecule has 2 aromatic carbocycles. The van der Waals surface area contributed by atoms with Crippen molar-refractivity contribution in [2.24, 2.45) is 0 Å². The Bertz CT molecular complexity index is 539. The van der Waals surface area contributed by atoms with E-state index in [-0.39, 0.29) is 0 Å². The van der Waals surface area contributed by atoms with E-state index in [1.807, 2.05) is 7.05 Å². The van der Waals surface area contributed by atoms with Gasteiger partial charge in [-0.05, 0) is 49.4 Å². The minimum Gasteiger partial charge on any atom is -0.313 e. The van der Waals surface area contributed by atoms with Crippen LogP contribution < -0.4 is 5.32 Å². The van der Waals surface area contributed by atoms with Gasteiger partial charge in [-0.3, -0.25) is 0 Å². The molecule has 0 aromatic heterocycles. The highest BCUT2D eigenvalue weighted by Crippen LogP contribution is 2.23. The first-order chi connectivity index (χ1) is 10.1. The molecule has 2 atom stereocenters. The van der Waals surface area contributed by atoms with Crippen molar-refractivity contribution >= 4 is 0 Å². The number of rotatable bonds is 6. The zero-order chi connectivity index (χ0) is 15.2. The van der Waals surface area contributed by atoms with E-state index >= 15 is 0 Å². The van der Waals surface area contributed by atoms with Crippen molar-refractivity contribution < 1.29 is 0 Å². The minimum atomic E-state index is 0.374. The maximum absolute atomic E-state index is 3.44. The largest absolute Gasteiger partial charge is 0.313 e. The number of hydrogen-bond donors (Lipinski definition) is 1. The summed E-state index contributed by atoms with van der Waals surface area (Å²) in [5.41, 5.74) is 5.50.